The lowest BCUT2D eigenvalue weighted by molar-refractivity contribution is 0.0929. The number of hydrogen-bond acceptors (Lipinski definition) is 5. The molecule has 0 unspecified atom stereocenters. The number of aromatic nitrogens is 2. The van der Waals surface area contributed by atoms with Gasteiger partial charge in [-0.25, -0.2) is 0 Å². The highest BCUT2D eigenvalue weighted by Crippen LogP contribution is 2.35. The molecule has 8 heteroatoms. The first-order valence-electron chi connectivity index (χ1n) is 9.67. The van der Waals surface area contributed by atoms with Gasteiger partial charge in [0.1, 0.15) is 23.1 Å². The van der Waals surface area contributed by atoms with Crippen molar-refractivity contribution in [2.45, 2.75) is 18.9 Å². The highest BCUT2D eigenvalue weighted by molar-refractivity contribution is 6.32. The zero-order valence-electron chi connectivity index (χ0n) is 16.1. The molecule has 1 aromatic heterocycles. The van der Waals surface area contributed by atoms with Gasteiger partial charge >= 0.3 is 0 Å². The van der Waals surface area contributed by atoms with Gasteiger partial charge in [-0.2, -0.15) is 10.4 Å². The summed E-state index contributed by atoms with van der Waals surface area (Å²) in [6.07, 6.45) is 5.17. The van der Waals surface area contributed by atoms with Crippen LogP contribution in [0.4, 0.5) is 0 Å². The van der Waals surface area contributed by atoms with Crippen LogP contribution in [0.15, 0.2) is 48.8 Å². The van der Waals surface area contributed by atoms with Crippen molar-refractivity contribution in [2.75, 3.05) is 13.1 Å². The summed E-state index contributed by atoms with van der Waals surface area (Å²) in [6.45, 7) is 1.80. The smallest absolute Gasteiger partial charge is 0.251 e. The third kappa shape index (κ3) is 4.30. The van der Waals surface area contributed by atoms with Gasteiger partial charge < -0.3 is 15.4 Å². The summed E-state index contributed by atoms with van der Waals surface area (Å²) >= 11 is 6.39. The van der Waals surface area contributed by atoms with Crippen LogP contribution in [0.1, 0.15) is 28.8 Å². The minimum atomic E-state index is -0.157. The number of nitriles is 1. The lowest BCUT2D eigenvalue weighted by atomic mass is 10.0. The molecule has 3 N–H and O–H groups in total. The van der Waals surface area contributed by atoms with Crippen molar-refractivity contribution < 1.29 is 9.53 Å². The minimum absolute atomic E-state index is 0.157. The second-order valence-electron chi connectivity index (χ2n) is 7.02. The average Bonchev–Trinajstić information content (AvgIpc) is 3.30. The zero-order chi connectivity index (χ0) is 20.9. The Morgan fingerprint density at radius 1 is 1.23 bits per heavy atom. The number of hydrogen-bond donors (Lipinski definition) is 3. The molecule has 0 aliphatic carbocycles. The van der Waals surface area contributed by atoms with E-state index in [2.05, 4.69) is 26.9 Å². The lowest BCUT2D eigenvalue weighted by Crippen LogP contribution is -2.42. The number of nitrogens with one attached hydrogen (secondary N) is 3. The largest absolute Gasteiger partial charge is 0.454 e. The Hall–Kier alpha value is -3.34. The van der Waals surface area contributed by atoms with Crippen molar-refractivity contribution in [3.63, 3.8) is 0 Å². The lowest BCUT2D eigenvalue weighted by Gasteiger charge is -2.23. The summed E-state index contributed by atoms with van der Waals surface area (Å²) in [5.41, 5.74) is 2.34. The van der Waals surface area contributed by atoms with E-state index in [4.69, 9.17) is 16.3 Å². The van der Waals surface area contributed by atoms with Crippen molar-refractivity contribution in [2.24, 2.45) is 0 Å². The molecule has 1 aliphatic heterocycles. The molecule has 30 heavy (non-hydrogen) atoms. The minimum Gasteiger partial charge on any atom is -0.454 e. The zero-order valence-corrected chi connectivity index (χ0v) is 16.9. The predicted octanol–water partition coefficient (Wildman–Crippen LogP) is 3.88. The van der Waals surface area contributed by atoms with Crippen LogP contribution in [0, 0.1) is 11.3 Å². The Labute approximate surface area is 179 Å². The van der Waals surface area contributed by atoms with Crippen molar-refractivity contribution in [3.05, 3.63) is 64.9 Å². The molecule has 1 amide bonds. The molecule has 7 nitrogen and oxygen atoms in total. The molecule has 2 aromatic carbocycles. The SMILES string of the molecule is N#Cc1c(Oc2ccc(C(=O)NC3CCNCC3)cc2Cl)cccc1-c1cn[nH]c1. The fourth-order valence-corrected chi connectivity index (χ4v) is 3.67. The average molecular weight is 422 g/mol. The summed E-state index contributed by atoms with van der Waals surface area (Å²) in [5.74, 6) is 0.593. The number of amides is 1. The molecular formula is C22H20ClN5O2. The van der Waals surface area contributed by atoms with Crippen LogP contribution in [-0.2, 0) is 0 Å². The number of carbonyl (C=O) groups is 1. The monoisotopic (exact) mass is 421 g/mol. The third-order valence-electron chi connectivity index (χ3n) is 5.04. The molecule has 0 bridgehead atoms. The second kappa shape index (κ2) is 8.99. The maximum absolute atomic E-state index is 12.5. The number of aromatic amines is 1. The van der Waals surface area contributed by atoms with Gasteiger partial charge in [0.15, 0.2) is 0 Å². The number of piperidine rings is 1. The first-order valence-corrected chi connectivity index (χ1v) is 10.0. The number of halogens is 1. The molecule has 0 atom stereocenters. The van der Waals surface area contributed by atoms with Crippen molar-refractivity contribution in [3.8, 4) is 28.7 Å². The normalized spacial score (nSPS) is 14.1. The molecule has 1 fully saturated rings. The molecule has 4 rings (SSSR count). The number of carbonyl (C=O) groups excluding carboxylic acids is 1. The summed E-state index contributed by atoms with van der Waals surface area (Å²) < 4.78 is 5.93. The number of nitrogens with zero attached hydrogens (tertiary/aromatic N) is 2. The van der Waals surface area contributed by atoms with E-state index < -0.39 is 0 Å². The molecule has 0 radical (unpaired) electrons. The highest BCUT2D eigenvalue weighted by atomic mass is 35.5. The Balaban J connectivity index is 1.54. The van der Waals surface area contributed by atoms with E-state index in [1.807, 2.05) is 6.07 Å². The first-order chi connectivity index (χ1) is 14.7. The highest BCUT2D eigenvalue weighted by Gasteiger charge is 2.18. The van der Waals surface area contributed by atoms with Gasteiger partial charge in [-0.15, -0.1) is 0 Å². The van der Waals surface area contributed by atoms with Crippen LogP contribution in [0.25, 0.3) is 11.1 Å². The van der Waals surface area contributed by atoms with Gasteiger partial charge in [0, 0.05) is 28.9 Å². The quantitative estimate of drug-likeness (QED) is 0.580. The Morgan fingerprint density at radius 2 is 2.07 bits per heavy atom. The molecule has 1 saturated heterocycles. The number of ether oxygens (including phenoxy) is 1. The Morgan fingerprint density at radius 3 is 2.77 bits per heavy atom. The predicted molar refractivity (Wildman–Crippen MR) is 114 cm³/mol. The van der Waals surface area contributed by atoms with Crippen molar-refractivity contribution >= 4 is 17.5 Å². The van der Waals surface area contributed by atoms with Gasteiger partial charge in [0.2, 0.25) is 0 Å². The Kier molecular flexibility index (Phi) is 5.98. The fourth-order valence-electron chi connectivity index (χ4n) is 3.45. The number of rotatable bonds is 5. The standard InChI is InChI=1S/C22H20ClN5O2/c23-19-10-14(22(29)28-16-6-8-25-9-7-16)4-5-21(19)30-20-3-1-2-17(18(20)11-24)15-12-26-27-13-15/h1-5,10,12-13,16,25H,6-9H2,(H,26,27)(H,28,29). The van der Waals surface area contributed by atoms with Crippen LogP contribution in [0.5, 0.6) is 11.5 Å². The Bertz CT molecular complexity index is 1090. The van der Waals surface area contributed by atoms with Crippen LogP contribution in [0.3, 0.4) is 0 Å². The number of benzene rings is 2. The van der Waals surface area contributed by atoms with E-state index in [1.165, 1.54) is 0 Å². The van der Waals surface area contributed by atoms with Gasteiger partial charge in [-0.1, -0.05) is 23.7 Å². The summed E-state index contributed by atoms with van der Waals surface area (Å²) in [5, 5.41) is 23.0. The maximum Gasteiger partial charge on any atom is 0.251 e. The van der Waals surface area contributed by atoms with E-state index >= 15 is 0 Å². The second-order valence-corrected chi connectivity index (χ2v) is 7.43. The van der Waals surface area contributed by atoms with E-state index in [0.29, 0.717) is 33.2 Å². The van der Waals surface area contributed by atoms with E-state index in [0.717, 1.165) is 31.5 Å². The molecule has 2 heterocycles. The van der Waals surface area contributed by atoms with Crippen LogP contribution in [-0.4, -0.2) is 35.2 Å². The molecule has 0 spiro atoms. The van der Waals surface area contributed by atoms with Crippen LogP contribution in [0.2, 0.25) is 5.02 Å². The fraction of sp³-hybridized carbons (Fsp3) is 0.227. The molecule has 1 aliphatic rings. The van der Waals surface area contributed by atoms with Gasteiger partial charge in [0.05, 0.1) is 11.2 Å². The summed E-state index contributed by atoms with van der Waals surface area (Å²) in [6, 6.07) is 12.6. The molecule has 0 saturated carbocycles. The summed E-state index contributed by atoms with van der Waals surface area (Å²) in [7, 11) is 0. The topological polar surface area (TPSA) is 103 Å². The van der Waals surface area contributed by atoms with E-state index in [1.54, 1.807) is 42.7 Å². The molecular weight excluding hydrogens is 402 g/mol. The maximum atomic E-state index is 12.5. The van der Waals surface area contributed by atoms with Gasteiger partial charge in [0.25, 0.3) is 5.91 Å². The third-order valence-corrected chi connectivity index (χ3v) is 5.33. The van der Waals surface area contributed by atoms with Gasteiger partial charge in [-0.3, -0.25) is 9.89 Å². The van der Waals surface area contributed by atoms with Crippen LogP contribution >= 0.6 is 11.6 Å². The van der Waals surface area contributed by atoms with E-state index in [9.17, 15) is 10.1 Å². The van der Waals surface area contributed by atoms with E-state index in [-0.39, 0.29) is 11.9 Å². The molecule has 152 valence electrons. The first kappa shape index (κ1) is 20.0. The van der Waals surface area contributed by atoms with Gasteiger partial charge in [-0.05, 0) is 50.2 Å². The molecule has 3 aromatic rings. The van der Waals surface area contributed by atoms with Crippen molar-refractivity contribution in [1.29, 1.82) is 5.26 Å². The van der Waals surface area contributed by atoms with Crippen LogP contribution < -0.4 is 15.4 Å². The number of H-pyrrole nitrogens is 1. The summed E-state index contributed by atoms with van der Waals surface area (Å²) in [4.78, 5) is 12.5. The van der Waals surface area contributed by atoms with Crippen molar-refractivity contribution in [1.82, 2.24) is 20.8 Å².